The van der Waals surface area contributed by atoms with E-state index in [1.165, 1.54) is 23.1 Å². The van der Waals surface area contributed by atoms with Crippen LogP contribution in [0.25, 0.3) is 0 Å². The van der Waals surface area contributed by atoms with Crippen molar-refractivity contribution in [2.24, 2.45) is 5.73 Å². The first kappa shape index (κ1) is 24.8. The Labute approximate surface area is 203 Å². The van der Waals surface area contributed by atoms with Gasteiger partial charge in [0, 0.05) is 24.9 Å². The summed E-state index contributed by atoms with van der Waals surface area (Å²) in [5, 5.41) is 7.37. The first-order valence-corrected chi connectivity index (χ1v) is 12.8. The SMILES string of the molecule is N=C(N)c1ccc(CC(=O)CN2CCCC[C@H](NS(=O)(=O)c3ccc4c(c3)CCO4)C2=O)c(F)c1. The second-order valence-corrected chi connectivity index (χ2v) is 10.4. The molecule has 0 radical (unpaired) electrons. The third-order valence-electron chi connectivity index (χ3n) is 6.17. The quantitative estimate of drug-likeness (QED) is 0.369. The molecular formula is C24H27FN4O5S. The van der Waals surface area contributed by atoms with Gasteiger partial charge in [-0.25, -0.2) is 12.8 Å². The molecule has 2 aliphatic heterocycles. The van der Waals surface area contributed by atoms with Crippen LogP contribution >= 0.6 is 0 Å². The van der Waals surface area contributed by atoms with Gasteiger partial charge in [-0.2, -0.15) is 4.72 Å². The van der Waals surface area contributed by atoms with E-state index in [0.717, 1.165) is 11.6 Å². The van der Waals surface area contributed by atoms with Gasteiger partial charge in [-0.1, -0.05) is 12.1 Å². The van der Waals surface area contributed by atoms with Crippen LogP contribution in [0.5, 0.6) is 5.75 Å². The highest BCUT2D eigenvalue weighted by Gasteiger charge is 2.32. The van der Waals surface area contributed by atoms with E-state index in [-0.39, 0.29) is 40.6 Å². The maximum Gasteiger partial charge on any atom is 0.241 e. The largest absolute Gasteiger partial charge is 0.493 e. The molecule has 2 aromatic rings. The van der Waals surface area contributed by atoms with Gasteiger partial charge in [0.1, 0.15) is 23.4 Å². The number of sulfonamides is 1. The van der Waals surface area contributed by atoms with Crippen LogP contribution < -0.4 is 15.2 Å². The number of ether oxygens (including phenoxy) is 1. The minimum absolute atomic E-state index is 0.0610. The minimum atomic E-state index is -3.96. The molecule has 0 bridgehead atoms. The summed E-state index contributed by atoms with van der Waals surface area (Å²) < 4.78 is 48.2. The lowest BCUT2D eigenvalue weighted by molar-refractivity contribution is -0.136. The molecule has 0 unspecified atom stereocenters. The highest BCUT2D eigenvalue weighted by atomic mass is 32.2. The van der Waals surface area contributed by atoms with Gasteiger partial charge in [0.15, 0.2) is 5.78 Å². The van der Waals surface area contributed by atoms with Crippen molar-refractivity contribution in [1.29, 1.82) is 5.41 Å². The maximum absolute atomic E-state index is 14.3. The fourth-order valence-electron chi connectivity index (χ4n) is 4.30. The van der Waals surface area contributed by atoms with Crippen molar-refractivity contribution in [3.8, 4) is 5.75 Å². The van der Waals surface area contributed by atoms with Crippen LogP contribution in [-0.2, 0) is 32.5 Å². The lowest BCUT2D eigenvalue weighted by Gasteiger charge is -2.24. The Balaban J connectivity index is 1.43. The number of nitrogens with zero attached hydrogens (tertiary/aromatic N) is 1. The van der Waals surface area contributed by atoms with E-state index in [1.807, 2.05) is 0 Å². The van der Waals surface area contributed by atoms with Crippen LogP contribution in [0.15, 0.2) is 41.3 Å². The summed E-state index contributed by atoms with van der Waals surface area (Å²) in [4.78, 5) is 27.2. The van der Waals surface area contributed by atoms with Gasteiger partial charge in [0.05, 0.1) is 18.0 Å². The number of hydrogen-bond donors (Lipinski definition) is 3. The molecule has 2 aliphatic rings. The van der Waals surface area contributed by atoms with Gasteiger partial charge in [-0.3, -0.25) is 15.0 Å². The number of likely N-dealkylation sites (tertiary alicyclic amines) is 1. The van der Waals surface area contributed by atoms with Crippen molar-refractivity contribution in [1.82, 2.24) is 9.62 Å². The van der Waals surface area contributed by atoms with Crippen molar-refractivity contribution in [3.63, 3.8) is 0 Å². The van der Waals surface area contributed by atoms with Crippen LogP contribution in [0.3, 0.4) is 0 Å². The summed E-state index contributed by atoms with van der Waals surface area (Å²) in [6.07, 6.45) is 1.94. The highest BCUT2D eigenvalue weighted by molar-refractivity contribution is 7.89. The molecule has 0 aliphatic carbocycles. The van der Waals surface area contributed by atoms with Crippen molar-refractivity contribution >= 4 is 27.5 Å². The molecule has 2 heterocycles. The number of fused-ring (bicyclic) bond motifs is 1. The van der Waals surface area contributed by atoms with E-state index in [4.69, 9.17) is 15.9 Å². The predicted molar refractivity (Wildman–Crippen MR) is 126 cm³/mol. The third kappa shape index (κ3) is 5.68. The molecule has 4 rings (SSSR count). The molecule has 186 valence electrons. The van der Waals surface area contributed by atoms with Crippen molar-refractivity contribution in [2.75, 3.05) is 19.7 Å². The number of nitrogen functional groups attached to an aromatic ring is 1. The molecule has 11 heteroatoms. The van der Waals surface area contributed by atoms with Crippen LogP contribution in [0.2, 0.25) is 0 Å². The van der Waals surface area contributed by atoms with E-state index in [1.54, 1.807) is 12.1 Å². The molecular weight excluding hydrogens is 475 g/mol. The second kappa shape index (κ2) is 10.1. The molecule has 0 aromatic heterocycles. The number of benzene rings is 2. The molecule has 0 spiro atoms. The number of nitrogens with one attached hydrogen (secondary N) is 2. The lowest BCUT2D eigenvalue weighted by atomic mass is 10.0. The van der Waals surface area contributed by atoms with Gasteiger partial charge in [0.2, 0.25) is 15.9 Å². The molecule has 9 nitrogen and oxygen atoms in total. The number of ketones is 1. The number of hydrogen-bond acceptors (Lipinski definition) is 6. The summed E-state index contributed by atoms with van der Waals surface area (Å²) in [7, 11) is -3.96. The second-order valence-electron chi connectivity index (χ2n) is 8.73. The van der Waals surface area contributed by atoms with E-state index in [2.05, 4.69) is 4.72 Å². The van der Waals surface area contributed by atoms with Gasteiger partial charge in [-0.05, 0) is 54.7 Å². The van der Waals surface area contributed by atoms with Crippen molar-refractivity contribution < 1.29 is 27.1 Å². The Bertz CT molecular complexity index is 1280. The van der Waals surface area contributed by atoms with Gasteiger partial charge in [-0.15, -0.1) is 0 Å². The standard InChI is InChI=1S/C24H27FN4O5S/c25-20-13-17(23(26)27)5-4-15(20)11-18(30)14-29-9-2-1-3-21(24(29)31)28-35(32,33)19-6-7-22-16(12-19)8-10-34-22/h4-7,12-13,21,28H,1-3,8-11,14H2,(H3,26,27)/t21-/m0/s1. The number of Topliss-reactive ketones (excluding diaryl/α,β-unsaturated/α-hetero) is 1. The zero-order valence-electron chi connectivity index (χ0n) is 19.1. The van der Waals surface area contributed by atoms with Crippen LogP contribution in [-0.4, -0.2) is 56.6 Å². The Kier molecular flexibility index (Phi) is 7.18. The summed E-state index contributed by atoms with van der Waals surface area (Å²) >= 11 is 0. The summed E-state index contributed by atoms with van der Waals surface area (Å²) in [6.45, 7) is 0.563. The molecule has 1 saturated heterocycles. The normalized spacial score (nSPS) is 18.0. The fraction of sp³-hybridized carbons (Fsp3) is 0.375. The third-order valence-corrected chi connectivity index (χ3v) is 7.64. The van der Waals surface area contributed by atoms with Crippen molar-refractivity contribution in [2.45, 2.75) is 43.0 Å². The minimum Gasteiger partial charge on any atom is -0.493 e. The summed E-state index contributed by atoms with van der Waals surface area (Å²) in [5.41, 5.74) is 6.51. The number of amides is 1. The number of rotatable bonds is 8. The summed E-state index contributed by atoms with van der Waals surface area (Å²) in [5.74, 6) is -1.13. The predicted octanol–water partition coefficient (Wildman–Crippen LogP) is 1.52. The zero-order valence-corrected chi connectivity index (χ0v) is 19.9. The average molecular weight is 503 g/mol. The molecule has 1 amide bonds. The van der Waals surface area contributed by atoms with Gasteiger partial charge in [0.25, 0.3) is 0 Å². The molecule has 0 saturated carbocycles. The Morgan fingerprint density at radius 3 is 2.77 bits per heavy atom. The van der Waals surface area contributed by atoms with E-state index >= 15 is 0 Å². The first-order chi connectivity index (χ1) is 16.6. The van der Waals surface area contributed by atoms with Crippen LogP contribution in [0.4, 0.5) is 4.39 Å². The Hall–Kier alpha value is -3.31. The number of carbonyl (C=O) groups is 2. The molecule has 2 aromatic carbocycles. The topological polar surface area (TPSA) is 143 Å². The average Bonchev–Trinajstić information content (AvgIpc) is 3.22. The van der Waals surface area contributed by atoms with Crippen LogP contribution in [0, 0.1) is 11.2 Å². The Morgan fingerprint density at radius 2 is 2.03 bits per heavy atom. The molecule has 1 atom stereocenters. The molecule has 4 N–H and O–H groups in total. The number of nitrogens with two attached hydrogens (primary N) is 1. The highest BCUT2D eigenvalue weighted by Crippen LogP contribution is 2.28. The van der Waals surface area contributed by atoms with E-state index in [9.17, 15) is 22.4 Å². The Morgan fingerprint density at radius 1 is 1.23 bits per heavy atom. The van der Waals surface area contributed by atoms with E-state index < -0.39 is 27.8 Å². The molecule has 1 fully saturated rings. The summed E-state index contributed by atoms with van der Waals surface area (Å²) in [6, 6.07) is 7.57. The molecule has 35 heavy (non-hydrogen) atoms. The smallest absolute Gasteiger partial charge is 0.241 e. The fourth-order valence-corrected chi connectivity index (χ4v) is 5.57. The number of halogens is 1. The first-order valence-electron chi connectivity index (χ1n) is 11.4. The number of carbonyl (C=O) groups excluding carboxylic acids is 2. The lowest BCUT2D eigenvalue weighted by Crippen LogP contribution is -2.48. The van der Waals surface area contributed by atoms with E-state index in [0.29, 0.717) is 44.6 Å². The maximum atomic E-state index is 14.3. The van der Waals surface area contributed by atoms with Gasteiger partial charge < -0.3 is 15.4 Å². The zero-order chi connectivity index (χ0) is 25.2. The van der Waals surface area contributed by atoms with Crippen molar-refractivity contribution in [3.05, 3.63) is 58.9 Å². The van der Waals surface area contributed by atoms with Gasteiger partial charge >= 0.3 is 0 Å². The number of amidine groups is 1. The monoisotopic (exact) mass is 502 g/mol. The van der Waals surface area contributed by atoms with Crippen LogP contribution in [0.1, 0.15) is 36.0 Å².